The first-order valence-corrected chi connectivity index (χ1v) is 12.7. The van der Waals surface area contributed by atoms with Crippen LogP contribution in [0.5, 0.6) is 0 Å². The van der Waals surface area contributed by atoms with Crippen LogP contribution in [-0.4, -0.2) is 40.6 Å². The first kappa shape index (κ1) is 20.8. The topological polar surface area (TPSA) is 93.9 Å². The van der Waals surface area contributed by atoms with Crippen LogP contribution < -0.4 is 5.32 Å². The summed E-state index contributed by atoms with van der Waals surface area (Å²) in [7, 11) is -3.13. The minimum absolute atomic E-state index is 0.00104. The van der Waals surface area contributed by atoms with E-state index in [0.717, 1.165) is 4.88 Å². The van der Waals surface area contributed by atoms with Crippen LogP contribution in [0, 0.1) is 12.7 Å². The van der Waals surface area contributed by atoms with Crippen molar-refractivity contribution in [2.45, 2.75) is 19.4 Å². The molecule has 3 aromatic heterocycles. The molecule has 1 saturated heterocycles. The first-order chi connectivity index (χ1) is 15.3. The van der Waals surface area contributed by atoms with E-state index >= 15 is 0 Å². The van der Waals surface area contributed by atoms with Gasteiger partial charge < -0.3 is 5.32 Å². The number of anilines is 1. The monoisotopic (exact) mass is 470 g/mol. The van der Waals surface area contributed by atoms with Crippen molar-refractivity contribution in [1.29, 1.82) is 0 Å². The van der Waals surface area contributed by atoms with Crippen molar-refractivity contribution in [3.8, 4) is 10.6 Å². The zero-order chi connectivity index (χ0) is 22.5. The maximum atomic E-state index is 13.6. The molecular formula is C22H19FN4O3S2. The maximum Gasteiger partial charge on any atom is 0.256 e. The number of pyridine rings is 1. The fourth-order valence-electron chi connectivity index (χ4n) is 4.03. The fourth-order valence-corrected chi connectivity index (χ4v) is 6.41. The lowest BCUT2D eigenvalue weighted by atomic mass is 10.1. The molecule has 32 heavy (non-hydrogen) atoms. The number of carbonyl (C=O) groups excluding carboxylic acids is 1. The van der Waals surface area contributed by atoms with Crippen molar-refractivity contribution in [1.82, 2.24) is 14.8 Å². The van der Waals surface area contributed by atoms with Crippen LogP contribution in [0.1, 0.15) is 28.5 Å². The molecule has 1 aromatic carbocycles. The third kappa shape index (κ3) is 3.80. The maximum absolute atomic E-state index is 13.6. The molecule has 0 bridgehead atoms. The van der Waals surface area contributed by atoms with Gasteiger partial charge in [-0.1, -0.05) is 12.1 Å². The number of amides is 1. The van der Waals surface area contributed by atoms with Crippen LogP contribution in [-0.2, 0) is 9.84 Å². The quantitative estimate of drug-likeness (QED) is 0.482. The zero-order valence-electron chi connectivity index (χ0n) is 17.1. The van der Waals surface area contributed by atoms with E-state index in [-0.39, 0.29) is 17.5 Å². The van der Waals surface area contributed by atoms with E-state index in [1.165, 1.54) is 29.5 Å². The molecule has 5 rings (SSSR count). The molecule has 1 aliphatic heterocycles. The lowest BCUT2D eigenvalue weighted by Gasteiger charge is -2.12. The summed E-state index contributed by atoms with van der Waals surface area (Å²) >= 11 is 1.49. The highest BCUT2D eigenvalue weighted by molar-refractivity contribution is 7.91. The third-order valence-electron chi connectivity index (χ3n) is 5.49. The lowest BCUT2D eigenvalue weighted by Crippen LogP contribution is -2.15. The number of halogens is 1. The molecular weight excluding hydrogens is 451 g/mol. The summed E-state index contributed by atoms with van der Waals surface area (Å²) < 4.78 is 39.4. The van der Waals surface area contributed by atoms with Crippen LogP contribution in [0.15, 0.2) is 47.8 Å². The molecule has 1 N–H and O–H groups in total. The Morgan fingerprint density at radius 3 is 2.78 bits per heavy atom. The molecule has 164 valence electrons. The number of nitrogens with one attached hydrogen (secondary N) is 1. The third-order valence-corrected chi connectivity index (χ3v) is 8.13. The van der Waals surface area contributed by atoms with Gasteiger partial charge in [0.15, 0.2) is 15.5 Å². The van der Waals surface area contributed by atoms with Gasteiger partial charge in [-0.3, -0.25) is 4.79 Å². The van der Waals surface area contributed by atoms with Crippen LogP contribution in [0.4, 0.5) is 10.1 Å². The van der Waals surface area contributed by atoms with Gasteiger partial charge in [-0.15, -0.1) is 11.3 Å². The van der Waals surface area contributed by atoms with Crippen molar-refractivity contribution < 1.29 is 17.6 Å². The average molecular weight is 471 g/mol. The molecule has 4 heterocycles. The van der Waals surface area contributed by atoms with E-state index < -0.39 is 21.6 Å². The smallest absolute Gasteiger partial charge is 0.256 e. The molecule has 1 amide bonds. The number of hydrogen-bond donors (Lipinski definition) is 1. The van der Waals surface area contributed by atoms with Crippen molar-refractivity contribution in [3.05, 3.63) is 64.9 Å². The van der Waals surface area contributed by atoms with Crippen LogP contribution in [0.25, 0.3) is 21.6 Å². The summed E-state index contributed by atoms with van der Waals surface area (Å²) in [6.07, 6.45) is 0.453. The molecule has 4 aromatic rings. The summed E-state index contributed by atoms with van der Waals surface area (Å²) in [6.45, 7) is 1.77. The number of benzene rings is 1. The lowest BCUT2D eigenvalue weighted by molar-refractivity contribution is 0.102. The Morgan fingerprint density at radius 2 is 2.09 bits per heavy atom. The number of fused-ring (bicyclic) bond motifs is 1. The molecule has 1 aliphatic rings. The molecule has 0 radical (unpaired) electrons. The Morgan fingerprint density at radius 1 is 1.25 bits per heavy atom. The standard InChI is InChI=1S/C22H19FN4O3S2/c1-13-20-17(22(28)24-15-5-2-4-14(23)10-15)11-18(19-6-3-8-31-19)25-21(20)27(26-13)16-7-9-32(29,30)12-16/h2-6,8,10-11,16H,7,9,12H2,1H3,(H,24,28)/t16-/m0/s1. The van der Waals surface area contributed by atoms with E-state index in [9.17, 15) is 17.6 Å². The van der Waals surface area contributed by atoms with Crippen LogP contribution >= 0.6 is 11.3 Å². The fraction of sp³-hybridized carbons (Fsp3) is 0.227. The van der Waals surface area contributed by atoms with Gasteiger partial charge in [0.05, 0.1) is 44.8 Å². The first-order valence-electron chi connectivity index (χ1n) is 10.0. The molecule has 1 fully saturated rings. The van der Waals surface area contributed by atoms with Crippen molar-refractivity contribution in [2.75, 3.05) is 16.8 Å². The number of sulfone groups is 1. The van der Waals surface area contributed by atoms with Gasteiger partial charge in [-0.2, -0.15) is 5.10 Å². The minimum Gasteiger partial charge on any atom is -0.322 e. The van der Waals surface area contributed by atoms with Gasteiger partial charge in [0, 0.05) is 5.69 Å². The number of hydrogen-bond acceptors (Lipinski definition) is 6. The molecule has 0 unspecified atom stereocenters. The van der Waals surface area contributed by atoms with E-state index in [4.69, 9.17) is 4.98 Å². The Hall–Kier alpha value is -3.11. The van der Waals surface area contributed by atoms with E-state index in [0.29, 0.717) is 40.1 Å². The molecule has 0 saturated carbocycles. The summed E-state index contributed by atoms with van der Waals surface area (Å²) in [5.41, 5.74) is 2.34. The highest BCUT2D eigenvalue weighted by atomic mass is 32.2. The molecule has 1 atom stereocenters. The molecule has 0 aliphatic carbocycles. The van der Waals surface area contributed by atoms with Gasteiger partial charge in [0.25, 0.3) is 5.91 Å². The van der Waals surface area contributed by atoms with E-state index in [1.54, 1.807) is 23.7 Å². The number of aromatic nitrogens is 3. The Balaban J connectivity index is 1.67. The second-order valence-electron chi connectivity index (χ2n) is 7.78. The Kier molecular flexibility index (Phi) is 5.06. The van der Waals surface area contributed by atoms with Crippen LogP contribution in [0.3, 0.4) is 0 Å². The van der Waals surface area contributed by atoms with Crippen LogP contribution in [0.2, 0.25) is 0 Å². The SMILES string of the molecule is Cc1nn([C@H]2CCS(=O)(=O)C2)c2nc(-c3cccs3)cc(C(=O)Nc3cccc(F)c3)c12. The van der Waals surface area contributed by atoms with Gasteiger partial charge >= 0.3 is 0 Å². The number of carbonyl (C=O) groups is 1. The Bertz CT molecular complexity index is 1450. The second-order valence-corrected chi connectivity index (χ2v) is 11.0. The minimum atomic E-state index is -3.13. The normalized spacial score (nSPS) is 17.6. The van der Waals surface area contributed by atoms with Crippen molar-refractivity contribution in [2.24, 2.45) is 0 Å². The molecule has 7 nitrogen and oxygen atoms in total. The van der Waals surface area contributed by atoms with Crippen molar-refractivity contribution in [3.63, 3.8) is 0 Å². The zero-order valence-corrected chi connectivity index (χ0v) is 18.7. The highest BCUT2D eigenvalue weighted by Crippen LogP contribution is 2.33. The predicted octanol–water partition coefficient (Wildman–Crippen LogP) is 4.22. The second kappa shape index (κ2) is 7.79. The summed E-state index contributed by atoms with van der Waals surface area (Å²) in [6, 6.07) is 10.8. The van der Waals surface area contributed by atoms with Gasteiger partial charge in [0.2, 0.25) is 0 Å². The predicted molar refractivity (Wildman–Crippen MR) is 122 cm³/mol. The molecule has 0 spiro atoms. The number of thiophene rings is 1. The Labute approximate surface area is 187 Å². The highest BCUT2D eigenvalue weighted by Gasteiger charge is 2.32. The summed E-state index contributed by atoms with van der Waals surface area (Å²) in [4.78, 5) is 18.9. The molecule has 10 heteroatoms. The van der Waals surface area contributed by atoms with Gasteiger partial charge in [0.1, 0.15) is 5.82 Å². The largest absolute Gasteiger partial charge is 0.322 e. The van der Waals surface area contributed by atoms with Gasteiger partial charge in [-0.05, 0) is 49.1 Å². The van der Waals surface area contributed by atoms with E-state index in [2.05, 4.69) is 10.4 Å². The number of rotatable bonds is 4. The average Bonchev–Trinajstić information content (AvgIpc) is 3.47. The van der Waals surface area contributed by atoms with E-state index in [1.807, 2.05) is 17.5 Å². The van der Waals surface area contributed by atoms with Crippen molar-refractivity contribution >= 4 is 43.8 Å². The summed E-state index contributed by atoms with van der Waals surface area (Å²) in [5.74, 6) is -0.759. The number of nitrogens with zero attached hydrogens (tertiary/aromatic N) is 3. The van der Waals surface area contributed by atoms with Gasteiger partial charge in [-0.25, -0.2) is 22.5 Å². The number of aryl methyl sites for hydroxylation is 1. The summed E-state index contributed by atoms with van der Waals surface area (Å²) in [5, 5.41) is 9.80.